The highest BCUT2D eigenvalue weighted by Crippen LogP contribution is 2.39. The standard InChI is InChI=1S/C22H22FN3O2S/c1-26-19(8-11-25-26)15-2-5-17(6-3-15)29-20-14-16(4-7-18(20)23)22(21(24)27)9-12-28-13-10-22/h2-8,11,14H,9-10,12-13H2,1H3,(H2,24,27). The highest BCUT2D eigenvalue weighted by Gasteiger charge is 2.40. The number of nitrogens with zero attached hydrogens (tertiary/aromatic N) is 2. The van der Waals surface area contributed by atoms with Crippen LogP contribution in [0.3, 0.4) is 0 Å². The zero-order chi connectivity index (χ0) is 20.4. The zero-order valence-electron chi connectivity index (χ0n) is 16.1. The first-order chi connectivity index (χ1) is 14.0. The van der Waals surface area contributed by atoms with Crippen LogP contribution in [0.5, 0.6) is 0 Å². The summed E-state index contributed by atoms with van der Waals surface area (Å²) < 4.78 is 21.7. The number of rotatable bonds is 5. The third-order valence-electron chi connectivity index (χ3n) is 5.50. The van der Waals surface area contributed by atoms with Crippen LogP contribution in [0.2, 0.25) is 0 Å². The summed E-state index contributed by atoms with van der Waals surface area (Å²) in [6.45, 7) is 0.941. The van der Waals surface area contributed by atoms with E-state index in [0.29, 0.717) is 31.0 Å². The van der Waals surface area contributed by atoms with Gasteiger partial charge in [0.15, 0.2) is 0 Å². The van der Waals surface area contributed by atoms with Gasteiger partial charge in [0.2, 0.25) is 5.91 Å². The highest BCUT2D eigenvalue weighted by molar-refractivity contribution is 7.99. The number of ether oxygens (including phenoxy) is 1. The summed E-state index contributed by atoms with van der Waals surface area (Å²) >= 11 is 1.33. The number of aromatic nitrogens is 2. The van der Waals surface area contributed by atoms with Crippen molar-refractivity contribution in [1.82, 2.24) is 9.78 Å². The Morgan fingerprint density at radius 3 is 2.52 bits per heavy atom. The monoisotopic (exact) mass is 411 g/mol. The minimum absolute atomic E-state index is 0.318. The SMILES string of the molecule is Cn1nccc1-c1ccc(Sc2cc(C3(C(N)=O)CCOCC3)ccc2F)cc1. The van der Waals surface area contributed by atoms with Crippen molar-refractivity contribution in [2.24, 2.45) is 12.8 Å². The van der Waals surface area contributed by atoms with Crippen LogP contribution in [0.25, 0.3) is 11.3 Å². The summed E-state index contributed by atoms with van der Waals surface area (Å²) in [6, 6.07) is 14.7. The molecule has 1 aliphatic heterocycles. The molecule has 3 aromatic rings. The maximum Gasteiger partial charge on any atom is 0.228 e. The largest absolute Gasteiger partial charge is 0.381 e. The first-order valence-corrected chi connectivity index (χ1v) is 10.3. The quantitative estimate of drug-likeness (QED) is 0.691. The van der Waals surface area contributed by atoms with Crippen LogP contribution in [-0.4, -0.2) is 28.9 Å². The van der Waals surface area contributed by atoms with E-state index in [4.69, 9.17) is 10.5 Å². The summed E-state index contributed by atoms with van der Waals surface area (Å²) in [5, 5.41) is 4.18. The Hall–Kier alpha value is -2.64. The van der Waals surface area contributed by atoms with Crippen molar-refractivity contribution in [3.63, 3.8) is 0 Å². The molecule has 0 bridgehead atoms. The van der Waals surface area contributed by atoms with Gasteiger partial charge < -0.3 is 10.5 Å². The lowest BCUT2D eigenvalue weighted by molar-refractivity contribution is -0.127. The van der Waals surface area contributed by atoms with E-state index in [1.165, 1.54) is 17.8 Å². The molecule has 0 radical (unpaired) electrons. The minimum Gasteiger partial charge on any atom is -0.381 e. The molecule has 2 aromatic carbocycles. The summed E-state index contributed by atoms with van der Waals surface area (Å²) in [6.07, 6.45) is 2.78. The molecular formula is C22H22FN3O2S. The third-order valence-corrected chi connectivity index (χ3v) is 6.54. The molecule has 1 amide bonds. The molecule has 29 heavy (non-hydrogen) atoms. The molecule has 2 heterocycles. The first-order valence-electron chi connectivity index (χ1n) is 9.43. The van der Waals surface area contributed by atoms with Crippen molar-refractivity contribution in [1.29, 1.82) is 0 Å². The maximum absolute atomic E-state index is 14.5. The van der Waals surface area contributed by atoms with E-state index < -0.39 is 5.41 Å². The summed E-state index contributed by atoms with van der Waals surface area (Å²) in [5.74, 6) is -0.704. The molecule has 7 heteroatoms. The van der Waals surface area contributed by atoms with Gasteiger partial charge in [-0.15, -0.1) is 0 Å². The molecule has 0 unspecified atom stereocenters. The average Bonchev–Trinajstić information content (AvgIpc) is 3.16. The fourth-order valence-electron chi connectivity index (χ4n) is 3.75. The van der Waals surface area contributed by atoms with E-state index in [-0.39, 0.29) is 11.7 Å². The van der Waals surface area contributed by atoms with Crippen LogP contribution in [-0.2, 0) is 22.0 Å². The van der Waals surface area contributed by atoms with Gasteiger partial charge in [-0.05, 0) is 54.3 Å². The number of carbonyl (C=O) groups is 1. The van der Waals surface area contributed by atoms with Crippen LogP contribution in [0.15, 0.2) is 64.5 Å². The molecular weight excluding hydrogens is 389 g/mol. The minimum atomic E-state index is -0.801. The molecule has 0 aliphatic carbocycles. The molecule has 5 nitrogen and oxygen atoms in total. The average molecular weight is 412 g/mol. The predicted octanol–water partition coefficient (Wildman–Crippen LogP) is 3.91. The molecule has 0 atom stereocenters. The molecule has 150 valence electrons. The van der Waals surface area contributed by atoms with Crippen molar-refractivity contribution >= 4 is 17.7 Å². The molecule has 1 aliphatic rings. The fraction of sp³-hybridized carbons (Fsp3) is 0.273. The van der Waals surface area contributed by atoms with Crippen LogP contribution in [0.1, 0.15) is 18.4 Å². The number of benzene rings is 2. The molecule has 1 aromatic heterocycles. The normalized spacial score (nSPS) is 15.9. The Labute approximate surface area is 173 Å². The van der Waals surface area contributed by atoms with E-state index in [0.717, 1.165) is 21.7 Å². The lowest BCUT2D eigenvalue weighted by Crippen LogP contribution is -2.45. The lowest BCUT2D eigenvalue weighted by Gasteiger charge is -2.34. The number of amides is 1. The smallest absolute Gasteiger partial charge is 0.228 e. The van der Waals surface area contributed by atoms with Crippen molar-refractivity contribution in [2.75, 3.05) is 13.2 Å². The number of aryl methyl sites for hydroxylation is 1. The Balaban J connectivity index is 1.61. The zero-order valence-corrected chi connectivity index (χ0v) is 16.9. The van der Waals surface area contributed by atoms with Gasteiger partial charge in [-0.25, -0.2) is 4.39 Å². The van der Waals surface area contributed by atoms with Gasteiger partial charge in [0.25, 0.3) is 0 Å². The van der Waals surface area contributed by atoms with Crippen LogP contribution in [0.4, 0.5) is 4.39 Å². The molecule has 2 N–H and O–H groups in total. The number of nitrogens with two attached hydrogens (primary N) is 1. The molecule has 0 saturated carbocycles. The van der Waals surface area contributed by atoms with Gasteiger partial charge in [-0.1, -0.05) is 30.0 Å². The number of carbonyl (C=O) groups excluding carboxylic acids is 1. The Morgan fingerprint density at radius 1 is 1.17 bits per heavy atom. The van der Waals surface area contributed by atoms with Crippen LogP contribution >= 0.6 is 11.8 Å². The van der Waals surface area contributed by atoms with Gasteiger partial charge in [-0.3, -0.25) is 9.48 Å². The van der Waals surface area contributed by atoms with Crippen LogP contribution in [0, 0.1) is 5.82 Å². The lowest BCUT2D eigenvalue weighted by atomic mass is 9.73. The van der Waals surface area contributed by atoms with Crippen molar-refractivity contribution in [2.45, 2.75) is 28.0 Å². The second-order valence-electron chi connectivity index (χ2n) is 7.17. The number of hydrogen-bond acceptors (Lipinski definition) is 4. The van der Waals surface area contributed by atoms with Crippen LogP contribution < -0.4 is 5.73 Å². The maximum atomic E-state index is 14.5. The van der Waals surface area contributed by atoms with Gasteiger partial charge in [0.1, 0.15) is 5.82 Å². The van der Waals surface area contributed by atoms with E-state index in [1.54, 1.807) is 18.3 Å². The van der Waals surface area contributed by atoms with Gasteiger partial charge in [0.05, 0.1) is 11.1 Å². The van der Waals surface area contributed by atoms with E-state index in [2.05, 4.69) is 5.10 Å². The van der Waals surface area contributed by atoms with E-state index >= 15 is 0 Å². The van der Waals surface area contributed by atoms with Crippen molar-refractivity contribution < 1.29 is 13.9 Å². The number of primary amides is 1. The summed E-state index contributed by atoms with van der Waals surface area (Å²) in [4.78, 5) is 13.7. The predicted molar refractivity (Wildman–Crippen MR) is 110 cm³/mol. The Kier molecular flexibility index (Phi) is 5.43. The van der Waals surface area contributed by atoms with Gasteiger partial charge >= 0.3 is 0 Å². The van der Waals surface area contributed by atoms with Gasteiger partial charge in [-0.2, -0.15) is 5.10 Å². The Bertz CT molecular complexity index is 1030. The van der Waals surface area contributed by atoms with E-state index in [1.807, 2.05) is 42.1 Å². The molecule has 4 rings (SSSR count). The molecule has 1 fully saturated rings. The number of halogens is 1. The highest BCUT2D eigenvalue weighted by atomic mass is 32.2. The third kappa shape index (κ3) is 3.80. The Morgan fingerprint density at radius 2 is 1.90 bits per heavy atom. The van der Waals surface area contributed by atoms with Gasteiger partial charge in [0, 0.05) is 36.2 Å². The first kappa shape index (κ1) is 19.7. The summed E-state index contributed by atoms with van der Waals surface area (Å²) in [5.41, 5.74) is 7.75. The second-order valence-corrected chi connectivity index (χ2v) is 8.29. The second kappa shape index (κ2) is 8.00. The summed E-state index contributed by atoms with van der Waals surface area (Å²) in [7, 11) is 1.89. The molecule has 0 spiro atoms. The van der Waals surface area contributed by atoms with E-state index in [9.17, 15) is 9.18 Å². The number of hydrogen-bond donors (Lipinski definition) is 1. The fourth-order valence-corrected chi connectivity index (χ4v) is 4.63. The van der Waals surface area contributed by atoms with Crippen molar-refractivity contribution in [3.8, 4) is 11.3 Å². The topological polar surface area (TPSA) is 70.1 Å². The molecule has 1 saturated heterocycles. The van der Waals surface area contributed by atoms with Crippen molar-refractivity contribution in [3.05, 3.63) is 66.1 Å².